The lowest BCUT2D eigenvalue weighted by Crippen LogP contribution is -2.04. The molecule has 0 aromatic heterocycles. The van der Waals surface area contributed by atoms with E-state index in [9.17, 15) is 0 Å². The molecule has 0 heterocycles. The van der Waals surface area contributed by atoms with E-state index in [1.807, 2.05) is 26.8 Å². The third-order valence-electron chi connectivity index (χ3n) is 1.37. The van der Waals surface area contributed by atoms with Gasteiger partial charge in [0.05, 0.1) is 6.10 Å². The van der Waals surface area contributed by atoms with E-state index < -0.39 is 0 Å². The van der Waals surface area contributed by atoms with Gasteiger partial charge in [0.2, 0.25) is 0 Å². The van der Waals surface area contributed by atoms with Crippen molar-refractivity contribution in [2.75, 3.05) is 0 Å². The highest BCUT2D eigenvalue weighted by Gasteiger charge is 1.98. The minimum Gasteiger partial charge on any atom is -0.389 e. The Bertz CT molecular complexity index is 84.4. The van der Waals surface area contributed by atoms with Gasteiger partial charge in [-0.1, -0.05) is 13.0 Å². The number of allylic oxidation sites excluding steroid dienone is 1. The maximum atomic E-state index is 9.06. The quantitative estimate of drug-likeness (QED) is 0.542. The van der Waals surface area contributed by atoms with E-state index in [4.69, 9.17) is 5.11 Å². The van der Waals surface area contributed by atoms with Gasteiger partial charge in [-0.25, -0.2) is 0 Å². The second-order valence-corrected chi connectivity index (χ2v) is 1.96. The summed E-state index contributed by atoms with van der Waals surface area (Å²) in [5, 5.41) is 9.06. The molecule has 0 aliphatic carbocycles. The van der Waals surface area contributed by atoms with E-state index in [0.29, 0.717) is 0 Å². The highest BCUT2D eigenvalue weighted by atomic mass is 16.3. The number of aliphatic hydroxyl groups is 1. The Balaban J connectivity index is 3.63. The lowest BCUT2D eigenvalue weighted by atomic mass is 10.1. The molecule has 0 aromatic rings. The van der Waals surface area contributed by atoms with Gasteiger partial charge in [0, 0.05) is 0 Å². The van der Waals surface area contributed by atoms with E-state index in [1.165, 1.54) is 0 Å². The normalized spacial score (nSPS) is 16.2. The molecule has 0 spiro atoms. The smallest absolute Gasteiger partial charge is 0.0744 e. The first kappa shape index (κ1) is 7.70. The Morgan fingerprint density at radius 3 is 2.38 bits per heavy atom. The standard InChI is InChI=1S/C7H14O/c1-4-6(3)7(8)5-2/h4,7-8H,5H2,1-3H3. The molecule has 0 bridgehead atoms. The van der Waals surface area contributed by atoms with Gasteiger partial charge in [0.25, 0.3) is 0 Å². The summed E-state index contributed by atoms with van der Waals surface area (Å²) in [6.07, 6.45) is 2.53. The molecule has 1 N–H and O–H groups in total. The predicted molar refractivity (Wildman–Crippen MR) is 35.7 cm³/mol. The molecule has 48 valence electrons. The SMILES string of the molecule is CC=C(C)C(O)CC. The Hall–Kier alpha value is -0.300. The van der Waals surface area contributed by atoms with Crippen molar-refractivity contribution in [3.63, 3.8) is 0 Å². The third-order valence-corrected chi connectivity index (χ3v) is 1.37. The molecule has 1 heteroatoms. The van der Waals surface area contributed by atoms with Crippen molar-refractivity contribution in [2.24, 2.45) is 0 Å². The summed E-state index contributed by atoms with van der Waals surface area (Å²) in [7, 11) is 0. The van der Waals surface area contributed by atoms with Gasteiger partial charge in [0.1, 0.15) is 0 Å². The van der Waals surface area contributed by atoms with Gasteiger partial charge >= 0.3 is 0 Å². The third kappa shape index (κ3) is 2.12. The molecular weight excluding hydrogens is 100 g/mol. The van der Waals surface area contributed by atoms with Crippen LogP contribution in [0.5, 0.6) is 0 Å². The molecule has 0 radical (unpaired) electrons. The molecule has 8 heavy (non-hydrogen) atoms. The summed E-state index contributed by atoms with van der Waals surface area (Å²) in [6, 6.07) is 0. The largest absolute Gasteiger partial charge is 0.389 e. The van der Waals surface area contributed by atoms with Crippen LogP contribution in [0.25, 0.3) is 0 Å². The number of aliphatic hydroxyl groups excluding tert-OH is 1. The van der Waals surface area contributed by atoms with Crippen LogP contribution in [0.1, 0.15) is 27.2 Å². The highest BCUT2D eigenvalue weighted by molar-refractivity contribution is 5.01. The van der Waals surface area contributed by atoms with Crippen molar-refractivity contribution in [3.8, 4) is 0 Å². The Labute approximate surface area is 51.0 Å². The summed E-state index contributed by atoms with van der Waals surface area (Å²) in [4.78, 5) is 0. The number of hydrogen-bond acceptors (Lipinski definition) is 1. The monoisotopic (exact) mass is 114 g/mol. The zero-order valence-electron chi connectivity index (χ0n) is 5.81. The first-order chi connectivity index (χ1) is 3.72. The van der Waals surface area contributed by atoms with Gasteiger partial charge < -0.3 is 5.11 Å². The van der Waals surface area contributed by atoms with E-state index in [0.717, 1.165) is 12.0 Å². The van der Waals surface area contributed by atoms with E-state index in [-0.39, 0.29) is 6.10 Å². The van der Waals surface area contributed by atoms with Crippen molar-refractivity contribution >= 4 is 0 Å². The van der Waals surface area contributed by atoms with E-state index in [1.54, 1.807) is 0 Å². The van der Waals surface area contributed by atoms with Crippen LogP contribution < -0.4 is 0 Å². The van der Waals surface area contributed by atoms with Crippen molar-refractivity contribution < 1.29 is 5.11 Å². The molecule has 0 aromatic carbocycles. The molecule has 1 atom stereocenters. The van der Waals surface area contributed by atoms with Gasteiger partial charge in [-0.15, -0.1) is 0 Å². The van der Waals surface area contributed by atoms with Crippen LogP contribution in [0, 0.1) is 0 Å². The van der Waals surface area contributed by atoms with Crippen LogP contribution in [0.3, 0.4) is 0 Å². The fourth-order valence-corrected chi connectivity index (χ4v) is 0.514. The molecule has 0 amide bonds. The van der Waals surface area contributed by atoms with Crippen molar-refractivity contribution in [2.45, 2.75) is 33.3 Å². The Morgan fingerprint density at radius 1 is 1.75 bits per heavy atom. The number of hydrogen-bond donors (Lipinski definition) is 1. The fraction of sp³-hybridized carbons (Fsp3) is 0.714. The molecule has 0 aliphatic heterocycles. The second kappa shape index (κ2) is 3.67. The average Bonchev–Trinajstić information content (AvgIpc) is 1.84. The van der Waals surface area contributed by atoms with Crippen LogP contribution in [-0.4, -0.2) is 11.2 Å². The maximum absolute atomic E-state index is 9.06. The zero-order valence-corrected chi connectivity index (χ0v) is 5.81. The molecular formula is C7H14O. The van der Waals surface area contributed by atoms with Crippen LogP contribution in [0.15, 0.2) is 11.6 Å². The molecule has 0 aliphatic rings. The summed E-state index contributed by atoms with van der Waals surface area (Å²) in [5.74, 6) is 0. The molecule has 1 nitrogen and oxygen atoms in total. The topological polar surface area (TPSA) is 20.2 Å². The second-order valence-electron chi connectivity index (χ2n) is 1.96. The highest BCUT2D eigenvalue weighted by Crippen LogP contribution is 2.02. The first-order valence-corrected chi connectivity index (χ1v) is 3.03. The van der Waals surface area contributed by atoms with Gasteiger partial charge in [-0.05, 0) is 25.8 Å². The minimum atomic E-state index is -0.222. The summed E-state index contributed by atoms with van der Waals surface area (Å²) < 4.78 is 0. The summed E-state index contributed by atoms with van der Waals surface area (Å²) >= 11 is 0. The lowest BCUT2D eigenvalue weighted by molar-refractivity contribution is 0.206. The van der Waals surface area contributed by atoms with Gasteiger partial charge in [0.15, 0.2) is 0 Å². The predicted octanol–water partition coefficient (Wildman–Crippen LogP) is 1.72. The lowest BCUT2D eigenvalue weighted by Gasteiger charge is -2.05. The minimum absolute atomic E-state index is 0.222. The average molecular weight is 114 g/mol. The first-order valence-electron chi connectivity index (χ1n) is 3.03. The van der Waals surface area contributed by atoms with Crippen LogP contribution in [0.4, 0.5) is 0 Å². The molecule has 0 fully saturated rings. The Morgan fingerprint density at radius 2 is 2.25 bits per heavy atom. The van der Waals surface area contributed by atoms with Crippen molar-refractivity contribution in [3.05, 3.63) is 11.6 Å². The van der Waals surface area contributed by atoms with Crippen LogP contribution >= 0.6 is 0 Å². The number of rotatable bonds is 2. The molecule has 0 saturated carbocycles. The summed E-state index contributed by atoms with van der Waals surface area (Å²) in [6.45, 7) is 5.85. The van der Waals surface area contributed by atoms with Gasteiger partial charge in [-0.2, -0.15) is 0 Å². The van der Waals surface area contributed by atoms with E-state index in [2.05, 4.69) is 0 Å². The molecule has 1 unspecified atom stereocenters. The van der Waals surface area contributed by atoms with Crippen molar-refractivity contribution in [1.82, 2.24) is 0 Å². The fourth-order valence-electron chi connectivity index (χ4n) is 0.514. The van der Waals surface area contributed by atoms with Crippen LogP contribution in [0.2, 0.25) is 0 Å². The molecule has 0 rings (SSSR count). The maximum Gasteiger partial charge on any atom is 0.0744 e. The van der Waals surface area contributed by atoms with Gasteiger partial charge in [-0.3, -0.25) is 0 Å². The van der Waals surface area contributed by atoms with Crippen LogP contribution in [-0.2, 0) is 0 Å². The zero-order chi connectivity index (χ0) is 6.57. The summed E-state index contributed by atoms with van der Waals surface area (Å²) in [5.41, 5.74) is 1.06. The van der Waals surface area contributed by atoms with Crippen molar-refractivity contribution in [1.29, 1.82) is 0 Å². The molecule has 0 saturated heterocycles. The van der Waals surface area contributed by atoms with E-state index >= 15 is 0 Å². The Kier molecular flexibility index (Phi) is 3.53.